The van der Waals surface area contributed by atoms with Crippen molar-refractivity contribution < 1.29 is 22.7 Å². The first-order chi connectivity index (χ1) is 10.4. The summed E-state index contributed by atoms with van der Waals surface area (Å²) in [6.45, 7) is 1.61. The van der Waals surface area contributed by atoms with Crippen LogP contribution < -0.4 is 10.1 Å². The van der Waals surface area contributed by atoms with Gasteiger partial charge in [0.05, 0.1) is 11.5 Å². The summed E-state index contributed by atoms with van der Waals surface area (Å²) in [7, 11) is -3.01. The number of nitrogens with one attached hydrogen (secondary N) is 1. The molecule has 1 aromatic carbocycles. The minimum atomic E-state index is -3.01. The van der Waals surface area contributed by atoms with Gasteiger partial charge in [0.15, 0.2) is 22.2 Å². The maximum atomic E-state index is 11.7. The van der Waals surface area contributed by atoms with Gasteiger partial charge in [0.1, 0.15) is 5.75 Å². The fourth-order valence-corrected chi connectivity index (χ4v) is 3.94. The third kappa shape index (κ3) is 4.56. The first kappa shape index (κ1) is 16.5. The average molecular weight is 325 g/mol. The van der Waals surface area contributed by atoms with Crippen molar-refractivity contribution in [2.75, 3.05) is 18.1 Å². The summed E-state index contributed by atoms with van der Waals surface area (Å²) in [5.41, 5.74) is 0.607. The van der Waals surface area contributed by atoms with Gasteiger partial charge in [-0.15, -0.1) is 0 Å². The summed E-state index contributed by atoms with van der Waals surface area (Å²) in [6.07, 6.45) is 0.884. The van der Waals surface area contributed by atoms with E-state index in [-0.39, 0.29) is 35.8 Å². The molecule has 1 heterocycles. The van der Waals surface area contributed by atoms with E-state index in [0.29, 0.717) is 24.2 Å². The van der Waals surface area contributed by atoms with Crippen molar-refractivity contribution in [2.45, 2.75) is 25.8 Å². The van der Waals surface area contributed by atoms with Crippen molar-refractivity contribution in [1.82, 2.24) is 5.32 Å². The number of benzene rings is 1. The molecule has 7 heteroatoms. The number of ketones is 1. The number of sulfone groups is 1. The predicted octanol–water partition coefficient (Wildman–Crippen LogP) is 0.961. The van der Waals surface area contributed by atoms with E-state index >= 15 is 0 Å². The molecule has 0 radical (unpaired) electrons. The Hall–Kier alpha value is -1.89. The fraction of sp³-hybridized carbons (Fsp3) is 0.467. The molecule has 0 aromatic heterocycles. The molecule has 1 amide bonds. The van der Waals surface area contributed by atoms with Crippen LogP contribution in [0.2, 0.25) is 0 Å². The molecule has 1 aromatic rings. The van der Waals surface area contributed by atoms with Crippen molar-refractivity contribution >= 4 is 21.5 Å². The molecule has 0 bridgehead atoms. The van der Waals surface area contributed by atoms with Crippen LogP contribution in [0.4, 0.5) is 0 Å². The van der Waals surface area contributed by atoms with E-state index in [1.54, 1.807) is 31.2 Å². The number of carbonyl (C=O) groups is 2. The average Bonchev–Trinajstić information content (AvgIpc) is 2.83. The lowest BCUT2D eigenvalue weighted by atomic mass is 10.1. The van der Waals surface area contributed by atoms with Crippen molar-refractivity contribution in [3.05, 3.63) is 29.8 Å². The van der Waals surface area contributed by atoms with Crippen LogP contribution >= 0.6 is 0 Å². The van der Waals surface area contributed by atoms with Crippen LogP contribution in [-0.2, 0) is 14.6 Å². The molecule has 1 fully saturated rings. The monoisotopic (exact) mass is 325 g/mol. The van der Waals surface area contributed by atoms with Crippen molar-refractivity contribution in [1.29, 1.82) is 0 Å². The number of ether oxygens (including phenoxy) is 1. The molecular weight excluding hydrogens is 306 g/mol. The molecule has 120 valence electrons. The summed E-state index contributed by atoms with van der Waals surface area (Å²) < 4.78 is 27.9. The van der Waals surface area contributed by atoms with E-state index in [1.165, 1.54) is 0 Å². The van der Waals surface area contributed by atoms with E-state index in [2.05, 4.69) is 5.32 Å². The topological polar surface area (TPSA) is 89.5 Å². The maximum Gasteiger partial charge on any atom is 0.258 e. The van der Waals surface area contributed by atoms with Gasteiger partial charge in [-0.1, -0.05) is 6.92 Å². The van der Waals surface area contributed by atoms with Gasteiger partial charge in [0.2, 0.25) is 0 Å². The molecule has 0 aliphatic carbocycles. The summed E-state index contributed by atoms with van der Waals surface area (Å²) in [5.74, 6) is 0.294. The highest BCUT2D eigenvalue weighted by Crippen LogP contribution is 2.14. The van der Waals surface area contributed by atoms with Crippen molar-refractivity contribution in [2.24, 2.45) is 0 Å². The number of hydrogen-bond acceptors (Lipinski definition) is 5. The SMILES string of the molecule is CCC(=O)c1ccc(OCC(=O)N[C@H]2CCS(=O)(=O)C2)cc1. The largest absolute Gasteiger partial charge is 0.484 e. The lowest BCUT2D eigenvalue weighted by molar-refractivity contribution is -0.123. The minimum Gasteiger partial charge on any atom is -0.484 e. The van der Waals surface area contributed by atoms with Gasteiger partial charge in [-0.2, -0.15) is 0 Å². The van der Waals surface area contributed by atoms with Gasteiger partial charge in [-0.05, 0) is 30.7 Å². The number of hydrogen-bond donors (Lipinski definition) is 1. The quantitative estimate of drug-likeness (QED) is 0.787. The van der Waals surface area contributed by atoms with Crippen molar-refractivity contribution in [3.8, 4) is 5.75 Å². The van der Waals surface area contributed by atoms with Gasteiger partial charge in [-0.25, -0.2) is 8.42 Å². The van der Waals surface area contributed by atoms with Crippen LogP contribution in [0.3, 0.4) is 0 Å². The molecule has 1 N–H and O–H groups in total. The second-order valence-corrected chi connectivity index (χ2v) is 7.49. The van der Waals surface area contributed by atoms with Crippen LogP contribution in [0.1, 0.15) is 30.1 Å². The van der Waals surface area contributed by atoms with E-state index in [9.17, 15) is 18.0 Å². The molecule has 0 spiro atoms. The minimum absolute atomic E-state index is 0.00737. The smallest absolute Gasteiger partial charge is 0.258 e. The molecular formula is C15H19NO5S. The molecule has 2 rings (SSSR count). The molecule has 0 saturated carbocycles. The third-order valence-electron chi connectivity index (χ3n) is 3.46. The Bertz CT molecular complexity index is 651. The standard InChI is InChI=1S/C15H19NO5S/c1-2-14(17)11-3-5-13(6-4-11)21-9-15(18)16-12-7-8-22(19,20)10-12/h3-6,12H,2,7-10H2,1H3,(H,16,18)/t12-/m0/s1. The molecule has 22 heavy (non-hydrogen) atoms. The Kier molecular flexibility index (Phi) is 5.18. The molecule has 1 aliphatic heterocycles. The van der Waals surface area contributed by atoms with E-state index in [4.69, 9.17) is 4.74 Å². The fourth-order valence-electron chi connectivity index (χ4n) is 2.27. The van der Waals surface area contributed by atoms with E-state index < -0.39 is 9.84 Å². The van der Waals surface area contributed by atoms with Crippen LogP contribution in [0.25, 0.3) is 0 Å². The Labute approximate surface area is 129 Å². The number of Topliss-reactive ketones (excluding diaryl/α,β-unsaturated/α-hetero) is 1. The molecule has 1 saturated heterocycles. The number of amides is 1. The first-order valence-electron chi connectivity index (χ1n) is 7.15. The van der Waals surface area contributed by atoms with Crippen LogP contribution in [0.15, 0.2) is 24.3 Å². The third-order valence-corrected chi connectivity index (χ3v) is 5.23. The molecule has 0 unspecified atom stereocenters. The first-order valence-corrected chi connectivity index (χ1v) is 8.97. The summed E-state index contributed by atoms with van der Waals surface area (Å²) >= 11 is 0. The lowest BCUT2D eigenvalue weighted by Crippen LogP contribution is -2.38. The predicted molar refractivity (Wildman–Crippen MR) is 81.8 cm³/mol. The lowest BCUT2D eigenvalue weighted by Gasteiger charge is -2.11. The van der Waals surface area contributed by atoms with Gasteiger partial charge in [-0.3, -0.25) is 9.59 Å². The normalized spacial score (nSPS) is 19.6. The van der Waals surface area contributed by atoms with Gasteiger partial charge >= 0.3 is 0 Å². The van der Waals surface area contributed by atoms with Gasteiger partial charge in [0, 0.05) is 18.0 Å². The van der Waals surface area contributed by atoms with E-state index in [1.807, 2.05) is 0 Å². The van der Waals surface area contributed by atoms with Crippen molar-refractivity contribution in [3.63, 3.8) is 0 Å². The number of rotatable bonds is 6. The highest BCUT2D eigenvalue weighted by molar-refractivity contribution is 7.91. The second-order valence-electron chi connectivity index (χ2n) is 5.26. The zero-order chi connectivity index (χ0) is 16.2. The highest BCUT2D eigenvalue weighted by atomic mass is 32.2. The van der Waals surface area contributed by atoms with Gasteiger partial charge < -0.3 is 10.1 Å². The number of carbonyl (C=O) groups excluding carboxylic acids is 2. The Morgan fingerprint density at radius 2 is 1.95 bits per heavy atom. The zero-order valence-corrected chi connectivity index (χ0v) is 13.2. The Morgan fingerprint density at radius 3 is 2.50 bits per heavy atom. The maximum absolute atomic E-state index is 11.7. The van der Waals surface area contributed by atoms with E-state index in [0.717, 1.165) is 0 Å². The molecule has 1 aliphatic rings. The summed E-state index contributed by atoms with van der Waals surface area (Å²) in [4.78, 5) is 23.2. The molecule has 1 atom stereocenters. The second kappa shape index (κ2) is 6.91. The van der Waals surface area contributed by atoms with Crippen LogP contribution in [0.5, 0.6) is 5.75 Å². The van der Waals surface area contributed by atoms with Crippen LogP contribution in [0, 0.1) is 0 Å². The summed E-state index contributed by atoms with van der Waals surface area (Å²) in [5, 5.41) is 2.65. The molecule has 6 nitrogen and oxygen atoms in total. The Balaban J connectivity index is 1.80. The van der Waals surface area contributed by atoms with Gasteiger partial charge in [0.25, 0.3) is 5.91 Å². The van der Waals surface area contributed by atoms with Crippen LogP contribution in [-0.4, -0.2) is 44.3 Å². The summed E-state index contributed by atoms with van der Waals surface area (Å²) in [6, 6.07) is 6.25. The Morgan fingerprint density at radius 1 is 1.27 bits per heavy atom. The zero-order valence-electron chi connectivity index (χ0n) is 12.4. The highest BCUT2D eigenvalue weighted by Gasteiger charge is 2.28.